The SMILES string of the molecule is NC(=O)C1=C(O)C[C@@H]2C[C@@H]3Cc4c(CN5C(=O)c6ccccc6C5=O)cc(CN5C(=O)c6ccccc6C5=O)c(O)c4C(=O)C3=C(O)[C@]2(O)C1=O. The number of phenolic OH excluding ortho intramolecular Hbond substituents is 1. The molecule has 0 saturated heterocycles. The van der Waals surface area contributed by atoms with Gasteiger partial charge in [0.2, 0.25) is 5.78 Å². The van der Waals surface area contributed by atoms with Crippen LogP contribution in [0.25, 0.3) is 0 Å². The number of primary amides is 1. The standard InChI is InChI=1S/C37H27N3O11/c38-32(46)27-24(41)12-18-10-15-11-23-16(13-39-33(47)19-5-1-2-6-20(19)34(39)48)9-17(14-40-35(49)21-7-3-4-8-22(21)36(40)50)28(42)26(23)29(43)25(15)30(44)37(18,51)31(27)45/h1-9,15,18,41-42,44,51H,10-14H2,(H2,38,46)/t15-,18+,37+/m1/s1. The first kappa shape index (κ1) is 31.8. The van der Waals surface area contributed by atoms with Crippen LogP contribution in [0.15, 0.2) is 77.3 Å². The van der Waals surface area contributed by atoms with Crippen molar-refractivity contribution < 1.29 is 54.0 Å². The molecule has 5 aliphatic rings. The van der Waals surface area contributed by atoms with E-state index in [0.717, 1.165) is 9.80 Å². The molecule has 0 aromatic heterocycles. The summed E-state index contributed by atoms with van der Waals surface area (Å²) in [6.45, 7) is -0.884. The fourth-order valence-electron chi connectivity index (χ4n) is 8.19. The highest BCUT2D eigenvalue weighted by Gasteiger charge is 2.60. The molecule has 2 aliphatic heterocycles. The van der Waals surface area contributed by atoms with Gasteiger partial charge < -0.3 is 26.2 Å². The molecule has 14 heteroatoms. The van der Waals surface area contributed by atoms with Crippen LogP contribution in [0.2, 0.25) is 0 Å². The van der Waals surface area contributed by atoms with E-state index < -0.39 is 99.9 Å². The zero-order valence-corrected chi connectivity index (χ0v) is 26.5. The van der Waals surface area contributed by atoms with Crippen molar-refractivity contribution in [2.75, 3.05) is 0 Å². The van der Waals surface area contributed by atoms with Gasteiger partial charge in [-0.1, -0.05) is 24.3 Å². The molecule has 14 nitrogen and oxygen atoms in total. The lowest BCUT2D eigenvalue weighted by molar-refractivity contribution is -0.144. The third-order valence-electron chi connectivity index (χ3n) is 10.6. The van der Waals surface area contributed by atoms with Gasteiger partial charge in [0.1, 0.15) is 22.8 Å². The Kier molecular flexibility index (Phi) is 6.74. The van der Waals surface area contributed by atoms with Crippen LogP contribution in [0.1, 0.15) is 81.3 Å². The molecule has 3 aliphatic carbocycles. The van der Waals surface area contributed by atoms with E-state index in [-0.39, 0.29) is 63.9 Å². The van der Waals surface area contributed by atoms with Gasteiger partial charge in [0.05, 0.1) is 40.9 Å². The van der Waals surface area contributed by atoms with E-state index >= 15 is 0 Å². The minimum absolute atomic E-state index is 0.0895. The van der Waals surface area contributed by atoms with Crippen LogP contribution in [0.3, 0.4) is 0 Å². The third-order valence-corrected chi connectivity index (χ3v) is 10.6. The molecule has 0 radical (unpaired) electrons. The maximum Gasteiger partial charge on any atom is 0.261 e. The van der Waals surface area contributed by atoms with Crippen molar-refractivity contribution in [3.8, 4) is 5.75 Å². The minimum atomic E-state index is -2.79. The van der Waals surface area contributed by atoms with Gasteiger partial charge in [-0.25, -0.2) is 0 Å². The average Bonchev–Trinajstić information content (AvgIpc) is 3.48. The Labute approximate surface area is 287 Å². The fourth-order valence-corrected chi connectivity index (χ4v) is 8.19. The molecule has 256 valence electrons. The number of imide groups is 2. The maximum atomic E-state index is 14.4. The molecular weight excluding hydrogens is 662 g/mol. The number of aliphatic hydroxyl groups excluding tert-OH is 2. The zero-order chi connectivity index (χ0) is 36.3. The highest BCUT2D eigenvalue weighted by molar-refractivity contribution is 6.25. The van der Waals surface area contributed by atoms with Gasteiger partial charge in [-0.05, 0) is 60.2 Å². The Morgan fingerprint density at radius 2 is 1.25 bits per heavy atom. The van der Waals surface area contributed by atoms with Gasteiger partial charge in [0.25, 0.3) is 29.5 Å². The highest BCUT2D eigenvalue weighted by atomic mass is 16.3. The lowest BCUT2D eigenvalue weighted by atomic mass is 9.60. The Morgan fingerprint density at radius 1 is 0.765 bits per heavy atom. The Bertz CT molecular complexity index is 2250. The van der Waals surface area contributed by atoms with Gasteiger partial charge in [0.15, 0.2) is 11.4 Å². The van der Waals surface area contributed by atoms with E-state index in [4.69, 9.17) is 5.73 Å². The zero-order valence-electron chi connectivity index (χ0n) is 26.5. The molecule has 2 heterocycles. The molecular formula is C37H27N3O11. The van der Waals surface area contributed by atoms with Crippen molar-refractivity contribution >= 4 is 41.1 Å². The van der Waals surface area contributed by atoms with Crippen molar-refractivity contribution in [1.29, 1.82) is 0 Å². The first-order valence-electron chi connectivity index (χ1n) is 16.0. The molecule has 3 aromatic carbocycles. The second-order valence-corrected chi connectivity index (χ2v) is 13.3. The normalized spacial score (nSPS) is 23.8. The lowest BCUT2D eigenvalue weighted by Gasteiger charge is -2.45. The summed E-state index contributed by atoms with van der Waals surface area (Å²) in [5.74, 6) is -10.6. The van der Waals surface area contributed by atoms with Crippen LogP contribution in [0.5, 0.6) is 5.75 Å². The van der Waals surface area contributed by atoms with E-state index in [9.17, 15) is 54.0 Å². The topological polar surface area (TPSA) is 233 Å². The van der Waals surface area contributed by atoms with Gasteiger partial charge in [-0.2, -0.15) is 0 Å². The summed E-state index contributed by atoms with van der Waals surface area (Å²) in [4.78, 5) is 95.1. The molecule has 8 rings (SSSR count). The summed E-state index contributed by atoms with van der Waals surface area (Å²) in [6.07, 6.45) is -0.636. The molecule has 0 saturated carbocycles. The summed E-state index contributed by atoms with van der Waals surface area (Å²) in [5, 5.41) is 45.3. The molecule has 0 unspecified atom stereocenters. The minimum Gasteiger partial charge on any atom is -0.511 e. The molecule has 0 bridgehead atoms. The Balaban J connectivity index is 1.27. The smallest absolute Gasteiger partial charge is 0.261 e. The van der Waals surface area contributed by atoms with Crippen molar-refractivity contribution in [3.05, 3.63) is 122 Å². The van der Waals surface area contributed by atoms with E-state index in [0.29, 0.717) is 0 Å². The van der Waals surface area contributed by atoms with Gasteiger partial charge in [-0.15, -0.1) is 0 Å². The number of nitrogens with two attached hydrogens (primary N) is 1. The average molecular weight is 690 g/mol. The summed E-state index contributed by atoms with van der Waals surface area (Å²) in [7, 11) is 0. The lowest BCUT2D eigenvalue weighted by Crippen LogP contribution is -2.57. The van der Waals surface area contributed by atoms with E-state index in [1.54, 1.807) is 24.3 Å². The number of ketones is 2. The van der Waals surface area contributed by atoms with Gasteiger partial charge in [-0.3, -0.25) is 43.4 Å². The number of aliphatic hydroxyl groups is 3. The monoisotopic (exact) mass is 689 g/mol. The predicted molar refractivity (Wildman–Crippen MR) is 172 cm³/mol. The molecule has 0 spiro atoms. The number of amides is 5. The Hall–Kier alpha value is -6.41. The molecule has 3 aromatic rings. The number of fused-ring (bicyclic) bond motifs is 5. The number of carbonyl (C=O) groups is 7. The van der Waals surface area contributed by atoms with Crippen molar-refractivity contribution in [1.82, 2.24) is 9.80 Å². The first-order chi connectivity index (χ1) is 24.2. The fraction of sp³-hybridized carbons (Fsp3) is 0.216. The number of Topliss-reactive ketones (excluding diaryl/α,β-unsaturated/α-hetero) is 2. The van der Waals surface area contributed by atoms with Crippen LogP contribution in [0.4, 0.5) is 0 Å². The largest absolute Gasteiger partial charge is 0.511 e. The number of carbonyl (C=O) groups excluding carboxylic acids is 7. The van der Waals surface area contributed by atoms with E-state index in [1.165, 1.54) is 30.3 Å². The predicted octanol–water partition coefficient (Wildman–Crippen LogP) is 2.17. The molecule has 51 heavy (non-hydrogen) atoms. The summed E-state index contributed by atoms with van der Waals surface area (Å²) in [6, 6.07) is 13.7. The van der Waals surface area contributed by atoms with E-state index in [2.05, 4.69) is 0 Å². The highest BCUT2D eigenvalue weighted by Crippen LogP contribution is 2.52. The van der Waals surface area contributed by atoms with Crippen molar-refractivity contribution in [2.24, 2.45) is 17.6 Å². The number of phenols is 1. The van der Waals surface area contributed by atoms with Crippen LogP contribution in [-0.2, 0) is 29.1 Å². The number of aromatic hydroxyl groups is 1. The number of nitrogens with zero attached hydrogens (tertiary/aromatic N) is 2. The van der Waals surface area contributed by atoms with Crippen LogP contribution >= 0.6 is 0 Å². The van der Waals surface area contributed by atoms with Crippen molar-refractivity contribution in [2.45, 2.75) is 38.0 Å². The Morgan fingerprint density at radius 3 is 1.75 bits per heavy atom. The first-order valence-corrected chi connectivity index (χ1v) is 16.0. The van der Waals surface area contributed by atoms with Gasteiger partial charge in [0, 0.05) is 23.5 Å². The number of rotatable bonds is 5. The second kappa shape index (κ2) is 10.8. The number of hydrogen-bond donors (Lipinski definition) is 5. The third kappa shape index (κ3) is 4.22. The molecule has 3 atom stereocenters. The molecule has 0 fully saturated rings. The number of hydrogen-bond acceptors (Lipinski definition) is 11. The quantitative estimate of drug-likeness (QED) is 0.192. The maximum absolute atomic E-state index is 14.4. The number of allylic oxidation sites excluding steroid dienone is 2. The summed E-state index contributed by atoms with van der Waals surface area (Å²) in [5.41, 5.74) is 1.75. The van der Waals surface area contributed by atoms with Crippen LogP contribution in [-0.4, -0.2) is 76.9 Å². The van der Waals surface area contributed by atoms with Crippen LogP contribution < -0.4 is 5.73 Å². The summed E-state index contributed by atoms with van der Waals surface area (Å²) >= 11 is 0. The van der Waals surface area contributed by atoms with Crippen LogP contribution in [0, 0.1) is 11.8 Å². The summed E-state index contributed by atoms with van der Waals surface area (Å²) < 4.78 is 0. The van der Waals surface area contributed by atoms with Crippen molar-refractivity contribution in [3.63, 3.8) is 0 Å². The van der Waals surface area contributed by atoms with E-state index in [1.807, 2.05) is 0 Å². The van der Waals surface area contributed by atoms with Gasteiger partial charge >= 0.3 is 0 Å². The molecule has 6 N–H and O–H groups in total. The second-order valence-electron chi connectivity index (χ2n) is 13.3. The molecule has 5 amide bonds. The number of benzene rings is 3.